The van der Waals surface area contributed by atoms with E-state index in [0.717, 1.165) is 9.80 Å². The highest BCUT2D eigenvalue weighted by Crippen LogP contribution is 2.43. The van der Waals surface area contributed by atoms with Gasteiger partial charge in [0.15, 0.2) is 5.82 Å². The van der Waals surface area contributed by atoms with E-state index in [1.807, 2.05) is 0 Å². The third-order valence-electron chi connectivity index (χ3n) is 5.16. The van der Waals surface area contributed by atoms with Gasteiger partial charge in [-0.3, -0.25) is 4.79 Å². The largest absolute Gasteiger partial charge is 0.465 e. The van der Waals surface area contributed by atoms with E-state index in [0.29, 0.717) is 0 Å². The van der Waals surface area contributed by atoms with Gasteiger partial charge in [0.05, 0.1) is 29.9 Å². The van der Waals surface area contributed by atoms with Crippen LogP contribution in [0.5, 0.6) is 0 Å². The van der Waals surface area contributed by atoms with E-state index in [2.05, 4.69) is 0 Å². The van der Waals surface area contributed by atoms with Crippen molar-refractivity contribution in [2.45, 2.75) is 24.2 Å². The minimum atomic E-state index is -2.96. The van der Waals surface area contributed by atoms with Crippen molar-refractivity contribution in [2.24, 2.45) is 0 Å². The van der Waals surface area contributed by atoms with Gasteiger partial charge in [-0.1, -0.05) is 6.07 Å². The summed E-state index contributed by atoms with van der Waals surface area (Å²) in [6.45, 7) is -1.51. The highest BCUT2D eigenvalue weighted by atomic mass is 19.3. The van der Waals surface area contributed by atoms with Crippen LogP contribution in [0.4, 0.5) is 29.3 Å². The number of piperidine rings is 1. The zero-order valence-corrected chi connectivity index (χ0v) is 13.8. The summed E-state index contributed by atoms with van der Waals surface area (Å²) in [6.07, 6.45) is -1.21. The number of rotatable bonds is 2. The summed E-state index contributed by atoms with van der Waals surface area (Å²) in [5.74, 6) is -4.47. The fourth-order valence-corrected chi connectivity index (χ4v) is 3.61. The molecule has 0 bridgehead atoms. The molecule has 2 saturated heterocycles. The van der Waals surface area contributed by atoms with Crippen LogP contribution >= 0.6 is 0 Å². The maximum absolute atomic E-state index is 14.8. The highest BCUT2D eigenvalue weighted by molar-refractivity contribution is 5.90. The summed E-state index contributed by atoms with van der Waals surface area (Å²) in [7, 11) is 0. The van der Waals surface area contributed by atoms with Crippen LogP contribution in [0.3, 0.4) is 0 Å². The fraction of sp³-hybridized carbons (Fsp3) is 0.500. The van der Waals surface area contributed by atoms with E-state index in [1.54, 1.807) is 0 Å². The Balaban J connectivity index is 1.99. The molecule has 1 aromatic carbocycles. The minimum Gasteiger partial charge on any atom is -0.465 e. The van der Waals surface area contributed by atoms with Gasteiger partial charge >= 0.3 is 6.09 Å². The van der Waals surface area contributed by atoms with Gasteiger partial charge in [0, 0.05) is 18.7 Å². The third kappa shape index (κ3) is 2.78. The van der Waals surface area contributed by atoms with E-state index in [-0.39, 0.29) is 42.9 Å². The summed E-state index contributed by atoms with van der Waals surface area (Å²) in [5, 5.41) is 9.11. The molecule has 0 unspecified atom stereocenters. The zero-order valence-electron chi connectivity index (χ0n) is 13.8. The Hall–Kier alpha value is -2.65. The average Bonchev–Trinajstić information content (AvgIpc) is 2.57. The normalized spacial score (nSPS) is 21.2. The number of carbonyl (C=O) groups excluding carboxylic acids is 1. The van der Waals surface area contributed by atoms with Crippen LogP contribution in [-0.2, 0) is 10.2 Å². The summed E-state index contributed by atoms with van der Waals surface area (Å²) in [5.41, 5.74) is 9.44. The molecular formula is C16H19F3N4O3. The molecular weight excluding hydrogens is 353 g/mol. The van der Waals surface area contributed by atoms with Crippen molar-refractivity contribution in [1.29, 1.82) is 0 Å². The van der Waals surface area contributed by atoms with E-state index in [1.165, 1.54) is 12.1 Å². The molecule has 26 heavy (non-hydrogen) atoms. The number of carboxylic acid groups (broad SMARTS) is 1. The van der Waals surface area contributed by atoms with Crippen LogP contribution in [0.25, 0.3) is 0 Å². The van der Waals surface area contributed by atoms with E-state index < -0.39 is 42.2 Å². The molecule has 1 aromatic rings. The molecule has 2 fully saturated rings. The maximum atomic E-state index is 14.8. The molecule has 142 valence electrons. The number of anilines is 2. The molecule has 0 radical (unpaired) electrons. The molecule has 10 heteroatoms. The van der Waals surface area contributed by atoms with Gasteiger partial charge in [0.2, 0.25) is 5.91 Å². The number of amides is 2. The number of hydrogen-bond acceptors (Lipinski definition) is 4. The van der Waals surface area contributed by atoms with Gasteiger partial charge in [0.1, 0.15) is 0 Å². The fourth-order valence-electron chi connectivity index (χ4n) is 3.61. The number of nitrogens with zero attached hydrogens (tertiary/aromatic N) is 2. The number of carbonyl (C=O) groups is 2. The summed E-state index contributed by atoms with van der Waals surface area (Å²) in [4.78, 5) is 26.2. The first-order chi connectivity index (χ1) is 12.1. The van der Waals surface area contributed by atoms with Crippen LogP contribution in [0, 0.1) is 5.82 Å². The lowest BCUT2D eigenvalue weighted by Crippen LogP contribution is -2.64. The lowest BCUT2D eigenvalue weighted by atomic mass is 9.70. The Labute approximate surface area is 147 Å². The Morgan fingerprint density at radius 1 is 1.08 bits per heavy atom. The molecule has 2 heterocycles. The van der Waals surface area contributed by atoms with Crippen LogP contribution in [-0.4, -0.2) is 59.0 Å². The molecule has 7 nitrogen and oxygen atoms in total. The Morgan fingerprint density at radius 2 is 1.65 bits per heavy atom. The number of alkyl halides is 2. The minimum absolute atomic E-state index is 0.00676. The Morgan fingerprint density at radius 3 is 2.15 bits per heavy atom. The number of nitrogens with two attached hydrogens (primary N) is 2. The van der Waals surface area contributed by atoms with Gasteiger partial charge in [0.25, 0.3) is 5.92 Å². The monoisotopic (exact) mass is 372 g/mol. The zero-order chi connectivity index (χ0) is 19.3. The highest BCUT2D eigenvalue weighted by Gasteiger charge is 2.54. The number of benzene rings is 1. The van der Waals surface area contributed by atoms with Gasteiger partial charge in [-0.25, -0.2) is 18.0 Å². The van der Waals surface area contributed by atoms with Crippen molar-refractivity contribution < 1.29 is 27.9 Å². The molecule has 2 aliphatic heterocycles. The summed E-state index contributed by atoms with van der Waals surface area (Å²) < 4.78 is 41.2. The first-order valence-electron chi connectivity index (χ1n) is 8.06. The molecule has 2 amide bonds. The van der Waals surface area contributed by atoms with Crippen molar-refractivity contribution in [3.63, 3.8) is 0 Å². The quantitative estimate of drug-likeness (QED) is 0.681. The summed E-state index contributed by atoms with van der Waals surface area (Å²) >= 11 is 0. The molecule has 5 N–H and O–H groups in total. The van der Waals surface area contributed by atoms with Crippen molar-refractivity contribution >= 4 is 23.4 Å². The van der Waals surface area contributed by atoms with E-state index in [9.17, 15) is 22.8 Å². The number of halogens is 3. The van der Waals surface area contributed by atoms with E-state index >= 15 is 0 Å². The van der Waals surface area contributed by atoms with Crippen molar-refractivity contribution in [3.05, 3.63) is 23.5 Å². The second-order valence-corrected chi connectivity index (χ2v) is 6.80. The SMILES string of the molecule is Nc1ccc(C2(C(=O)N3CC(F)(F)C3)CCN(C(=O)O)CC2)c(F)c1N. The van der Waals surface area contributed by atoms with Crippen molar-refractivity contribution in [3.8, 4) is 0 Å². The first-order valence-corrected chi connectivity index (χ1v) is 8.06. The van der Waals surface area contributed by atoms with E-state index in [4.69, 9.17) is 16.6 Å². The predicted molar refractivity (Wildman–Crippen MR) is 87.3 cm³/mol. The molecule has 0 atom stereocenters. The van der Waals surface area contributed by atoms with Gasteiger partial charge in [-0.05, 0) is 18.9 Å². The second-order valence-electron chi connectivity index (χ2n) is 6.80. The van der Waals surface area contributed by atoms with Gasteiger partial charge in [-0.15, -0.1) is 0 Å². The van der Waals surface area contributed by atoms with Crippen molar-refractivity contribution in [1.82, 2.24) is 9.80 Å². The molecule has 0 aliphatic carbocycles. The van der Waals surface area contributed by atoms with Crippen LogP contribution in [0.15, 0.2) is 12.1 Å². The standard InChI is InChI=1S/C16H19F3N4O3/c17-11-9(1-2-10(20)12(11)21)15(3-5-22(6-4-15)14(25)26)13(24)23-7-16(18,19)8-23/h1-2H,3-8,20-21H2,(H,25,26). The maximum Gasteiger partial charge on any atom is 0.407 e. The number of likely N-dealkylation sites (tertiary alicyclic amines) is 2. The lowest BCUT2D eigenvalue weighted by molar-refractivity contribution is -0.173. The molecule has 0 saturated carbocycles. The van der Waals surface area contributed by atoms with Crippen LogP contribution in [0.2, 0.25) is 0 Å². The first kappa shape index (κ1) is 18.2. The van der Waals surface area contributed by atoms with Crippen molar-refractivity contribution in [2.75, 3.05) is 37.6 Å². The second kappa shape index (κ2) is 5.96. The topological polar surface area (TPSA) is 113 Å². The molecule has 3 rings (SSSR count). The Kier molecular flexibility index (Phi) is 4.16. The number of nitrogen functional groups attached to an aromatic ring is 2. The van der Waals surface area contributed by atoms with Gasteiger partial charge < -0.3 is 26.4 Å². The van der Waals surface area contributed by atoms with Crippen LogP contribution < -0.4 is 11.5 Å². The van der Waals surface area contributed by atoms with Crippen LogP contribution in [0.1, 0.15) is 18.4 Å². The predicted octanol–water partition coefficient (Wildman–Crippen LogP) is 1.48. The molecule has 0 aromatic heterocycles. The molecule has 0 spiro atoms. The number of hydrogen-bond donors (Lipinski definition) is 3. The third-order valence-corrected chi connectivity index (χ3v) is 5.16. The lowest BCUT2D eigenvalue weighted by Gasteiger charge is -2.47. The van der Waals surface area contributed by atoms with Gasteiger partial charge in [-0.2, -0.15) is 0 Å². The Bertz CT molecular complexity index is 755. The summed E-state index contributed by atoms with van der Waals surface area (Å²) in [6, 6.07) is 2.68. The molecule has 2 aliphatic rings. The smallest absolute Gasteiger partial charge is 0.407 e. The average molecular weight is 372 g/mol.